The monoisotopic (exact) mass is 288 g/mol. The van der Waals surface area contributed by atoms with E-state index in [9.17, 15) is 5.11 Å². The normalized spacial score (nSPS) is 26.8. The smallest absolute Gasteiger partial charge is 0.0571 e. The van der Waals surface area contributed by atoms with Gasteiger partial charge in [-0.05, 0) is 54.1 Å². The number of hydrogen-bond donors (Lipinski definition) is 1. The lowest BCUT2D eigenvalue weighted by molar-refractivity contribution is 0.0463. The van der Waals surface area contributed by atoms with Crippen LogP contribution < -0.4 is 0 Å². The van der Waals surface area contributed by atoms with E-state index >= 15 is 0 Å². The summed E-state index contributed by atoms with van der Waals surface area (Å²) in [7, 11) is 0. The lowest BCUT2D eigenvalue weighted by Gasteiger charge is -2.33. The third-order valence-electron chi connectivity index (χ3n) is 5.07. The maximum Gasteiger partial charge on any atom is 0.0571 e. The van der Waals surface area contributed by atoms with E-state index in [2.05, 4.69) is 52.0 Å². The number of hydrogen-bond acceptors (Lipinski definition) is 1. The third kappa shape index (κ3) is 4.57. The molecule has 0 bridgehead atoms. The summed E-state index contributed by atoms with van der Waals surface area (Å²) in [5.41, 5.74) is 2.98. The molecule has 1 nitrogen and oxygen atoms in total. The molecular weight excluding hydrogens is 256 g/mol. The van der Waals surface area contributed by atoms with Crippen molar-refractivity contribution in [3.05, 3.63) is 35.4 Å². The molecule has 21 heavy (non-hydrogen) atoms. The van der Waals surface area contributed by atoms with Crippen molar-refractivity contribution in [3.8, 4) is 0 Å². The first-order chi connectivity index (χ1) is 9.90. The van der Waals surface area contributed by atoms with Gasteiger partial charge in [-0.25, -0.2) is 0 Å². The molecule has 1 aromatic rings. The molecule has 1 N–H and O–H groups in total. The highest BCUT2D eigenvalue weighted by molar-refractivity contribution is 5.27. The predicted octanol–water partition coefficient (Wildman–Crippen LogP) is 5.10. The molecule has 0 aliphatic heterocycles. The van der Waals surface area contributed by atoms with Gasteiger partial charge in [-0.1, -0.05) is 64.8 Å². The van der Waals surface area contributed by atoms with Crippen LogP contribution in [-0.2, 0) is 11.8 Å². The van der Waals surface area contributed by atoms with Crippen molar-refractivity contribution in [2.75, 3.05) is 0 Å². The highest BCUT2D eigenvalue weighted by atomic mass is 16.3. The summed E-state index contributed by atoms with van der Waals surface area (Å²) in [6.45, 7) is 9.03. The van der Waals surface area contributed by atoms with Crippen molar-refractivity contribution < 1.29 is 5.11 Å². The molecule has 1 aliphatic carbocycles. The fraction of sp³-hybridized carbons (Fsp3) is 0.700. The minimum absolute atomic E-state index is 0.0969. The molecule has 0 amide bonds. The van der Waals surface area contributed by atoms with E-state index in [1.165, 1.54) is 36.8 Å². The van der Waals surface area contributed by atoms with Crippen LogP contribution in [0.25, 0.3) is 0 Å². The Labute approximate surface area is 130 Å². The number of rotatable bonds is 4. The van der Waals surface area contributed by atoms with Crippen molar-refractivity contribution in [2.24, 2.45) is 11.8 Å². The summed E-state index contributed by atoms with van der Waals surface area (Å²) in [6, 6.07) is 9.04. The first-order valence-corrected chi connectivity index (χ1v) is 8.67. The molecule has 1 aromatic carbocycles. The zero-order chi connectivity index (χ0) is 15.5. The summed E-state index contributed by atoms with van der Waals surface area (Å²) in [5.74, 6) is 1.29. The van der Waals surface area contributed by atoms with Gasteiger partial charge in [0.1, 0.15) is 0 Å². The zero-order valence-electron chi connectivity index (χ0n) is 14.2. The van der Waals surface area contributed by atoms with Crippen LogP contribution in [0.2, 0.25) is 0 Å². The standard InChI is InChI=1S/C20H32O/c1-5-6-15-9-12-19(21)17(13-15)14-16-7-10-18(11-8-16)20(2,3)4/h7-8,10-11,15,17,19,21H,5-6,9,12-14H2,1-4H3. The van der Waals surface area contributed by atoms with Gasteiger partial charge in [0.2, 0.25) is 0 Å². The van der Waals surface area contributed by atoms with Crippen molar-refractivity contribution in [3.63, 3.8) is 0 Å². The Hall–Kier alpha value is -0.820. The second-order valence-corrected chi connectivity index (χ2v) is 7.95. The van der Waals surface area contributed by atoms with E-state index in [0.29, 0.717) is 5.92 Å². The summed E-state index contributed by atoms with van der Waals surface area (Å²) < 4.78 is 0. The molecule has 1 saturated carbocycles. The van der Waals surface area contributed by atoms with Crippen LogP contribution >= 0.6 is 0 Å². The molecule has 1 fully saturated rings. The topological polar surface area (TPSA) is 20.2 Å². The number of benzene rings is 1. The summed E-state index contributed by atoms with van der Waals surface area (Å²) >= 11 is 0. The van der Waals surface area contributed by atoms with Crippen molar-refractivity contribution in [1.82, 2.24) is 0 Å². The van der Waals surface area contributed by atoms with Gasteiger partial charge in [-0.15, -0.1) is 0 Å². The van der Waals surface area contributed by atoms with E-state index in [1.54, 1.807) is 0 Å². The zero-order valence-corrected chi connectivity index (χ0v) is 14.2. The van der Waals surface area contributed by atoms with E-state index < -0.39 is 0 Å². The van der Waals surface area contributed by atoms with Gasteiger partial charge >= 0.3 is 0 Å². The van der Waals surface area contributed by atoms with Gasteiger partial charge in [0, 0.05) is 0 Å². The summed E-state index contributed by atoms with van der Waals surface area (Å²) in [4.78, 5) is 0. The predicted molar refractivity (Wildman–Crippen MR) is 90.6 cm³/mol. The van der Waals surface area contributed by atoms with Crippen molar-refractivity contribution >= 4 is 0 Å². The van der Waals surface area contributed by atoms with E-state index in [4.69, 9.17) is 0 Å². The third-order valence-corrected chi connectivity index (χ3v) is 5.07. The molecule has 0 radical (unpaired) electrons. The molecule has 3 atom stereocenters. The van der Waals surface area contributed by atoms with Gasteiger partial charge in [-0.2, -0.15) is 0 Å². The summed E-state index contributed by atoms with van der Waals surface area (Å²) in [5, 5.41) is 10.3. The molecule has 3 unspecified atom stereocenters. The van der Waals surface area contributed by atoms with Gasteiger partial charge in [0.05, 0.1) is 6.10 Å². The molecule has 118 valence electrons. The van der Waals surface area contributed by atoms with Gasteiger partial charge < -0.3 is 5.11 Å². The Morgan fingerprint density at radius 3 is 2.33 bits per heavy atom. The second kappa shape index (κ2) is 6.96. The van der Waals surface area contributed by atoms with Gasteiger partial charge in [-0.3, -0.25) is 0 Å². The largest absolute Gasteiger partial charge is 0.393 e. The van der Waals surface area contributed by atoms with Crippen LogP contribution in [0.1, 0.15) is 70.9 Å². The SMILES string of the molecule is CCCC1CCC(O)C(Cc2ccc(C(C)(C)C)cc2)C1. The molecule has 0 heterocycles. The molecular formula is C20H32O. The van der Waals surface area contributed by atoms with Crippen molar-refractivity contribution in [2.45, 2.75) is 77.7 Å². The van der Waals surface area contributed by atoms with Crippen LogP contribution in [0, 0.1) is 11.8 Å². The maximum atomic E-state index is 10.3. The van der Waals surface area contributed by atoms with E-state index in [1.807, 2.05) is 0 Å². The average Bonchev–Trinajstić information content (AvgIpc) is 2.42. The molecule has 0 spiro atoms. The van der Waals surface area contributed by atoms with Gasteiger partial charge in [0.15, 0.2) is 0 Å². The highest BCUT2D eigenvalue weighted by Crippen LogP contribution is 2.34. The fourth-order valence-corrected chi connectivity index (χ4v) is 3.68. The number of aliphatic hydroxyl groups excluding tert-OH is 1. The summed E-state index contributed by atoms with van der Waals surface area (Å²) in [6.07, 6.45) is 6.95. The fourth-order valence-electron chi connectivity index (χ4n) is 3.68. The molecule has 1 heteroatoms. The Morgan fingerprint density at radius 1 is 1.10 bits per heavy atom. The van der Waals surface area contributed by atoms with E-state index in [0.717, 1.165) is 18.8 Å². The van der Waals surface area contributed by atoms with E-state index in [-0.39, 0.29) is 11.5 Å². The minimum atomic E-state index is -0.0969. The van der Waals surface area contributed by atoms with Crippen LogP contribution in [0.4, 0.5) is 0 Å². The molecule has 0 saturated heterocycles. The Bertz CT molecular complexity index is 426. The lowest BCUT2D eigenvalue weighted by Crippen LogP contribution is -2.30. The Kier molecular flexibility index (Phi) is 5.48. The number of aliphatic hydroxyl groups is 1. The quantitative estimate of drug-likeness (QED) is 0.817. The van der Waals surface area contributed by atoms with Crippen LogP contribution in [0.15, 0.2) is 24.3 Å². The first kappa shape index (κ1) is 16.5. The van der Waals surface area contributed by atoms with Crippen molar-refractivity contribution in [1.29, 1.82) is 0 Å². The maximum absolute atomic E-state index is 10.3. The minimum Gasteiger partial charge on any atom is -0.393 e. The van der Waals surface area contributed by atoms with Crippen LogP contribution in [0.3, 0.4) is 0 Å². The second-order valence-electron chi connectivity index (χ2n) is 7.95. The lowest BCUT2D eigenvalue weighted by atomic mass is 9.75. The molecule has 0 aromatic heterocycles. The molecule has 1 aliphatic rings. The molecule has 2 rings (SSSR count). The van der Waals surface area contributed by atoms with Crippen LogP contribution in [0.5, 0.6) is 0 Å². The highest BCUT2D eigenvalue weighted by Gasteiger charge is 2.28. The Morgan fingerprint density at radius 2 is 1.76 bits per heavy atom. The first-order valence-electron chi connectivity index (χ1n) is 8.67. The average molecular weight is 288 g/mol. The Balaban J connectivity index is 1.99. The van der Waals surface area contributed by atoms with Crippen LogP contribution in [-0.4, -0.2) is 11.2 Å². The van der Waals surface area contributed by atoms with Gasteiger partial charge in [0.25, 0.3) is 0 Å².